The van der Waals surface area contributed by atoms with E-state index in [1.54, 1.807) is 30.8 Å². The number of ether oxygens (including phenoxy) is 1. The molecule has 0 radical (unpaired) electrons. The van der Waals surface area contributed by atoms with Crippen molar-refractivity contribution in [3.63, 3.8) is 0 Å². The Morgan fingerprint density at radius 1 is 0.932 bits per heavy atom. The lowest BCUT2D eigenvalue weighted by Crippen LogP contribution is -2.62. The number of hydrogen-bond acceptors (Lipinski definition) is 5. The van der Waals surface area contributed by atoms with Gasteiger partial charge < -0.3 is 14.5 Å². The molecule has 242 valence electrons. The zero-order valence-corrected chi connectivity index (χ0v) is 27.3. The number of halogens is 3. The second-order valence-corrected chi connectivity index (χ2v) is 14.3. The molecule has 3 atom stereocenters. The second-order valence-electron chi connectivity index (χ2n) is 12.9. The van der Waals surface area contributed by atoms with Crippen LogP contribution in [-0.4, -0.2) is 89.1 Å². The largest absolute Gasteiger partial charge is 0.484 e. The van der Waals surface area contributed by atoms with Crippen LogP contribution in [0, 0.1) is 11.3 Å². The maximum Gasteiger partial charge on any atom is 0.422 e. The van der Waals surface area contributed by atoms with Crippen LogP contribution in [0.1, 0.15) is 64.6 Å². The van der Waals surface area contributed by atoms with E-state index in [1.165, 1.54) is 0 Å². The molecule has 2 aliphatic rings. The standard InChI is InChI=1S/C34H46F3N3O3S/c1-6-44-31(27-16-18-38(19-17-27)24(2)41)32(42)40-21-20-39(22-29(40)33(3,4)5)30(25-10-8-7-9-11-25)26-12-14-28(15-13-26)43-23-34(35,36)37/h7-15,27,29-31H,6,16-23H2,1-5H3/t29-,30?,31?/m1/s1. The number of alkyl halides is 3. The lowest BCUT2D eigenvalue weighted by molar-refractivity contribution is -0.153. The normalized spacial score (nSPS) is 20.3. The predicted octanol–water partition coefficient (Wildman–Crippen LogP) is 6.66. The summed E-state index contributed by atoms with van der Waals surface area (Å²) in [4.78, 5) is 32.6. The fourth-order valence-corrected chi connectivity index (χ4v) is 7.66. The zero-order chi connectivity index (χ0) is 32.1. The minimum atomic E-state index is -4.40. The van der Waals surface area contributed by atoms with Gasteiger partial charge >= 0.3 is 6.18 Å². The molecule has 0 saturated carbocycles. The summed E-state index contributed by atoms with van der Waals surface area (Å²) in [6.07, 6.45) is -2.73. The van der Waals surface area contributed by atoms with Gasteiger partial charge in [-0.25, -0.2) is 0 Å². The minimum Gasteiger partial charge on any atom is -0.484 e. The second kappa shape index (κ2) is 14.6. The van der Waals surface area contributed by atoms with E-state index in [0.717, 1.165) is 29.7 Å². The van der Waals surface area contributed by atoms with Crippen LogP contribution in [0.25, 0.3) is 0 Å². The number of benzene rings is 2. The highest BCUT2D eigenvalue weighted by Gasteiger charge is 2.44. The van der Waals surface area contributed by atoms with E-state index >= 15 is 0 Å². The average molecular weight is 634 g/mol. The van der Waals surface area contributed by atoms with Crippen LogP contribution in [-0.2, 0) is 9.59 Å². The molecule has 44 heavy (non-hydrogen) atoms. The van der Waals surface area contributed by atoms with Crippen LogP contribution >= 0.6 is 11.8 Å². The van der Waals surface area contributed by atoms with E-state index in [2.05, 4.69) is 49.6 Å². The molecule has 10 heteroatoms. The molecule has 2 aromatic carbocycles. The summed E-state index contributed by atoms with van der Waals surface area (Å²) < 4.78 is 43.1. The number of amides is 2. The third kappa shape index (κ3) is 8.71. The highest BCUT2D eigenvalue weighted by molar-refractivity contribution is 8.00. The molecular formula is C34H46F3N3O3S. The van der Waals surface area contributed by atoms with E-state index in [4.69, 9.17) is 4.74 Å². The number of piperazine rings is 1. The molecule has 0 N–H and O–H groups in total. The Kier molecular flexibility index (Phi) is 11.3. The smallest absolute Gasteiger partial charge is 0.422 e. The van der Waals surface area contributed by atoms with Gasteiger partial charge in [-0.05, 0) is 53.2 Å². The number of thioether (sulfide) groups is 1. The number of carbonyl (C=O) groups is 2. The first-order valence-electron chi connectivity index (χ1n) is 15.5. The Morgan fingerprint density at radius 3 is 2.09 bits per heavy atom. The molecule has 2 aromatic rings. The molecule has 4 rings (SSSR count). The minimum absolute atomic E-state index is 0.0402. The molecule has 2 heterocycles. The number of carbonyl (C=O) groups excluding carboxylic acids is 2. The first-order valence-corrected chi connectivity index (χ1v) is 16.6. The first kappa shape index (κ1) is 34.2. The van der Waals surface area contributed by atoms with Crippen LogP contribution in [0.2, 0.25) is 0 Å². The number of hydrogen-bond donors (Lipinski definition) is 0. The molecule has 0 bridgehead atoms. The summed E-state index contributed by atoms with van der Waals surface area (Å²) in [6, 6.07) is 16.8. The fraction of sp³-hybridized carbons (Fsp3) is 0.588. The molecular weight excluding hydrogens is 587 g/mol. The van der Waals surface area contributed by atoms with E-state index in [1.807, 2.05) is 35.2 Å². The van der Waals surface area contributed by atoms with Crippen LogP contribution in [0.3, 0.4) is 0 Å². The van der Waals surface area contributed by atoms with Gasteiger partial charge in [0.15, 0.2) is 6.61 Å². The molecule has 2 saturated heterocycles. The summed E-state index contributed by atoms with van der Waals surface area (Å²) in [5, 5.41) is -0.139. The zero-order valence-electron chi connectivity index (χ0n) is 26.5. The molecule has 6 nitrogen and oxygen atoms in total. The monoisotopic (exact) mass is 633 g/mol. The van der Waals surface area contributed by atoms with Crippen molar-refractivity contribution in [1.29, 1.82) is 0 Å². The van der Waals surface area contributed by atoms with Crippen molar-refractivity contribution in [3.8, 4) is 5.75 Å². The van der Waals surface area contributed by atoms with Gasteiger partial charge in [0.1, 0.15) is 5.75 Å². The Labute approximate surface area is 264 Å². The first-order chi connectivity index (χ1) is 20.8. The van der Waals surface area contributed by atoms with E-state index in [9.17, 15) is 22.8 Å². The highest BCUT2D eigenvalue weighted by Crippen LogP contribution is 2.38. The Morgan fingerprint density at radius 2 is 1.55 bits per heavy atom. The molecule has 0 aromatic heterocycles. The van der Waals surface area contributed by atoms with Crippen LogP contribution in [0.4, 0.5) is 13.2 Å². The van der Waals surface area contributed by atoms with Crippen molar-refractivity contribution in [2.24, 2.45) is 11.3 Å². The summed E-state index contributed by atoms with van der Waals surface area (Å²) in [6.45, 7) is 12.2. The van der Waals surface area contributed by atoms with Crippen molar-refractivity contribution < 1.29 is 27.5 Å². The molecule has 2 aliphatic heterocycles. The van der Waals surface area contributed by atoms with Crippen LogP contribution in [0.15, 0.2) is 54.6 Å². The summed E-state index contributed by atoms with van der Waals surface area (Å²) in [7, 11) is 0. The van der Waals surface area contributed by atoms with Gasteiger partial charge in [-0.15, -0.1) is 11.8 Å². The quantitative estimate of drug-likeness (QED) is 0.309. The van der Waals surface area contributed by atoms with Crippen molar-refractivity contribution in [2.45, 2.75) is 71.0 Å². The lowest BCUT2D eigenvalue weighted by atomic mass is 9.82. The Balaban J connectivity index is 1.57. The van der Waals surface area contributed by atoms with Gasteiger partial charge in [-0.3, -0.25) is 14.5 Å². The van der Waals surface area contributed by atoms with Crippen molar-refractivity contribution in [1.82, 2.24) is 14.7 Å². The summed E-state index contributed by atoms with van der Waals surface area (Å²) >= 11 is 1.72. The number of piperidine rings is 1. The number of likely N-dealkylation sites (tertiary alicyclic amines) is 1. The van der Waals surface area contributed by atoms with E-state index < -0.39 is 12.8 Å². The van der Waals surface area contributed by atoms with Gasteiger partial charge in [-0.2, -0.15) is 13.2 Å². The van der Waals surface area contributed by atoms with Crippen LogP contribution < -0.4 is 4.74 Å². The third-order valence-electron chi connectivity index (χ3n) is 8.78. The summed E-state index contributed by atoms with van der Waals surface area (Å²) in [5.74, 6) is 1.55. The maximum atomic E-state index is 14.4. The average Bonchev–Trinajstić information content (AvgIpc) is 2.99. The van der Waals surface area contributed by atoms with Crippen LogP contribution in [0.5, 0.6) is 5.75 Å². The maximum absolute atomic E-state index is 14.4. The Bertz CT molecular complexity index is 1230. The third-order valence-corrected chi connectivity index (χ3v) is 10.1. The van der Waals surface area contributed by atoms with E-state index in [-0.39, 0.29) is 46.2 Å². The molecule has 0 aliphatic carbocycles. The SMILES string of the molecule is CCSC(C(=O)N1CCN(C(c2ccccc2)c2ccc(OCC(F)(F)F)cc2)C[C@@H]1C(C)(C)C)C1CCN(C(C)=O)CC1. The molecule has 2 amide bonds. The highest BCUT2D eigenvalue weighted by atomic mass is 32.2. The van der Waals surface area contributed by atoms with Crippen molar-refractivity contribution >= 4 is 23.6 Å². The van der Waals surface area contributed by atoms with Gasteiger partial charge in [0.05, 0.1) is 11.3 Å². The topological polar surface area (TPSA) is 53.1 Å². The van der Waals surface area contributed by atoms with E-state index in [0.29, 0.717) is 32.7 Å². The lowest BCUT2D eigenvalue weighted by Gasteiger charge is -2.50. The molecule has 2 unspecified atom stereocenters. The van der Waals surface area contributed by atoms with Gasteiger partial charge in [-0.1, -0.05) is 70.2 Å². The van der Waals surface area contributed by atoms with Gasteiger partial charge in [0.25, 0.3) is 0 Å². The predicted molar refractivity (Wildman–Crippen MR) is 170 cm³/mol. The van der Waals surface area contributed by atoms with Crippen molar-refractivity contribution in [2.75, 3.05) is 45.1 Å². The van der Waals surface area contributed by atoms with Crippen molar-refractivity contribution in [3.05, 3.63) is 65.7 Å². The number of rotatable bonds is 9. The molecule has 0 spiro atoms. The summed E-state index contributed by atoms with van der Waals surface area (Å²) in [5.41, 5.74) is 1.85. The fourth-order valence-electron chi connectivity index (χ4n) is 6.47. The van der Waals surface area contributed by atoms with Gasteiger partial charge in [0, 0.05) is 45.7 Å². The Hall–Kier alpha value is -2.72. The van der Waals surface area contributed by atoms with Gasteiger partial charge in [0.2, 0.25) is 11.8 Å². The number of nitrogens with zero attached hydrogens (tertiary/aromatic N) is 3. The molecule has 2 fully saturated rings.